The van der Waals surface area contributed by atoms with E-state index < -0.39 is 0 Å². The van der Waals surface area contributed by atoms with Crippen molar-refractivity contribution in [1.82, 2.24) is 25.2 Å². The molecule has 0 spiro atoms. The number of fused-ring (bicyclic) bond motifs is 1. The Morgan fingerprint density at radius 2 is 1.84 bits per heavy atom. The summed E-state index contributed by atoms with van der Waals surface area (Å²) in [6, 6.07) is 9.75. The Balaban J connectivity index is 1.69. The summed E-state index contributed by atoms with van der Waals surface area (Å²) in [7, 11) is 3.91. The highest BCUT2D eigenvalue weighted by Gasteiger charge is 2.08. The summed E-state index contributed by atoms with van der Waals surface area (Å²) in [5, 5.41) is 7.01. The predicted molar refractivity (Wildman–Crippen MR) is 97.9 cm³/mol. The molecular weight excluding hydrogens is 316 g/mol. The Morgan fingerprint density at radius 1 is 1.08 bits per heavy atom. The van der Waals surface area contributed by atoms with Crippen molar-refractivity contribution in [1.29, 1.82) is 0 Å². The Bertz CT molecular complexity index is 858. The van der Waals surface area contributed by atoms with Gasteiger partial charge in [-0.2, -0.15) is 0 Å². The third kappa shape index (κ3) is 4.27. The number of carbonyl (C=O) groups is 1. The van der Waals surface area contributed by atoms with E-state index in [2.05, 4.69) is 25.6 Å². The van der Waals surface area contributed by atoms with Crippen molar-refractivity contribution >= 4 is 28.4 Å². The van der Waals surface area contributed by atoms with Crippen LogP contribution in [0.2, 0.25) is 0 Å². The molecule has 0 aliphatic rings. The topological polar surface area (TPSA) is 83.0 Å². The zero-order chi connectivity index (χ0) is 17.6. The summed E-state index contributed by atoms with van der Waals surface area (Å²) < 4.78 is 0. The van der Waals surface area contributed by atoms with Crippen LogP contribution in [0.25, 0.3) is 10.9 Å². The summed E-state index contributed by atoms with van der Waals surface area (Å²) >= 11 is 0. The fourth-order valence-corrected chi connectivity index (χ4v) is 2.33. The van der Waals surface area contributed by atoms with Crippen LogP contribution in [0, 0.1) is 0 Å². The first kappa shape index (κ1) is 16.8. The highest BCUT2D eigenvalue weighted by molar-refractivity contribution is 5.94. The molecular formula is C18H20N6O. The van der Waals surface area contributed by atoms with E-state index in [0.29, 0.717) is 18.1 Å². The van der Waals surface area contributed by atoms with Crippen LogP contribution in [0.1, 0.15) is 10.4 Å². The number of anilines is 2. The van der Waals surface area contributed by atoms with E-state index in [1.807, 2.05) is 49.3 Å². The van der Waals surface area contributed by atoms with Gasteiger partial charge in [0, 0.05) is 37.1 Å². The molecule has 0 aliphatic heterocycles. The van der Waals surface area contributed by atoms with E-state index >= 15 is 0 Å². The molecule has 128 valence electrons. The van der Waals surface area contributed by atoms with Crippen molar-refractivity contribution in [3.05, 3.63) is 54.5 Å². The van der Waals surface area contributed by atoms with Gasteiger partial charge >= 0.3 is 0 Å². The van der Waals surface area contributed by atoms with E-state index in [-0.39, 0.29) is 5.91 Å². The Morgan fingerprint density at radius 3 is 2.60 bits per heavy atom. The first-order valence-corrected chi connectivity index (χ1v) is 7.99. The molecule has 2 aromatic heterocycles. The molecule has 0 atom stereocenters. The molecule has 1 amide bonds. The monoisotopic (exact) mass is 336 g/mol. The van der Waals surface area contributed by atoms with Gasteiger partial charge in [0.1, 0.15) is 0 Å². The molecule has 2 N–H and O–H groups in total. The van der Waals surface area contributed by atoms with Crippen molar-refractivity contribution in [2.45, 2.75) is 0 Å². The number of para-hydroxylation sites is 1. The fourth-order valence-electron chi connectivity index (χ4n) is 2.33. The summed E-state index contributed by atoms with van der Waals surface area (Å²) in [4.78, 5) is 26.9. The number of rotatable bonds is 6. The van der Waals surface area contributed by atoms with E-state index in [0.717, 1.165) is 23.1 Å². The van der Waals surface area contributed by atoms with Gasteiger partial charge in [0.05, 0.1) is 16.8 Å². The Kier molecular flexibility index (Phi) is 5.15. The lowest BCUT2D eigenvalue weighted by atomic mass is 10.2. The van der Waals surface area contributed by atoms with Gasteiger partial charge in [0.15, 0.2) is 0 Å². The summed E-state index contributed by atoms with van der Waals surface area (Å²) in [5.41, 5.74) is 2.10. The minimum absolute atomic E-state index is 0.180. The molecule has 0 bridgehead atoms. The number of nitrogens with one attached hydrogen (secondary N) is 2. The van der Waals surface area contributed by atoms with Crippen molar-refractivity contribution < 1.29 is 4.79 Å². The highest BCUT2D eigenvalue weighted by atomic mass is 16.1. The first-order valence-electron chi connectivity index (χ1n) is 7.99. The minimum atomic E-state index is -0.180. The average molecular weight is 336 g/mol. The molecule has 3 rings (SSSR count). The lowest BCUT2D eigenvalue weighted by Crippen LogP contribution is -2.31. The van der Waals surface area contributed by atoms with Gasteiger partial charge in [-0.05, 0) is 26.2 Å². The lowest BCUT2D eigenvalue weighted by molar-refractivity contribution is 0.0950. The second-order valence-electron chi connectivity index (χ2n) is 5.86. The molecule has 7 heteroatoms. The molecule has 1 aromatic carbocycles. The number of nitrogens with zero attached hydrogens (tertiary/aromatic N) is 4. The van der Waals surface area contributed by atoms with Crippen molar-refractivity contribution in [3.8, 4) is 0 Å². The second-order valence-corrected chi connectivity index (χ2v) is 5.86. The van der Waals surface area contributed by atoms with Gasteiger partial charge in [-0.15, -0.1) is 0 Å². The maximum absolute atomic E-state index is 12.0. The van der Waals surface area contributed by atoms with Gasteiger partial charge in [0.25, 0.3) is 5.91 Å². The van der Waals surface area contributed by atoms with Crippen LogP contribution >= 0.6 is 0 Å². The predicted octanol–water partition coefficient (Wildman–Crippen LogP) is 2.06. The molecule has 7 nitrogen and oxygen atoms in total. The van der Waals surface area contributed by atoms with E-state index in [1.165, 1.54) is 12.4 Å². The van der Waals surface area contributed by atoms with E-state index in [9.17, 15) is 4.79 Å². The summed E-state index contributed by atoms with van der Waals surface area (Å²) in [5.74, 6) is 0.239. The number of carbonyl (C=O) groups excluding carboxylic acids is 1. The number of benzene rings is 1. The number of hydrogen-bond donors (Lipinski definition) is 2. The Labute approximate surface area is 146 Å². The molecule has 0 fully saturated rings. The largest absolute Gasteiger partial charge is 0.351 e. The Hall–Kier alpha value is -3.06. The second kappa shape index (κ2) is 7.67. The zero-order valence-corrected chi connectivity index (χ0v) is 14.2. The molecule has 0 saturated heterocycles. The molecule has 25 heavy (non-hydrogen) atoms. The van der Waals surface area contributed by atoms with Gasteiger partial charge in [-0.1, -0.05) is 18.2 Å². The molecule has 2 heterocycles. The van der Waals surface area contributed by atoms with Gasteiger partial charge < -0.3 is 15.5 Å². The van der Waals surface area contributed by atoms with Gasteiger partial charge in [-0.25, -0.2) is 9.97 Å². The molecule has 0 aliphatic carbocycles. The third-order valence-corrected chi connectivity index (χ3v) is 3.64. The van der Waals surface area contributed by atoms with Crippen LogP contribution in [-0.2, 0) is 0 Å². The van der Waals surface area contributed by atoms with Crippen LogP contribution in [0.15, 0.2) is 48.9 Å². The van der Waals surface area contributed by atoms with Crippen LogP contribution in [-0.4, -0.2) is 52.9 Å². The van der Waals surface area contributed by atoms with Crippen molar-refractivity contribution in [2.24, 2.45) is 0 Å². The minimum Gasteiger partial charge on any atom is -0.351 e. The average Bonchev–Trinajstić information content (AvgIpc) is 2.62. The highest BCUT2D eigenvalue weighted by Crippen LogP contribution is 2.22. The number of likely N-dealkylation sites (N-methyl/N-ethyl adjacent to an activating group) is 1. The summed E-state index contributed by atoms with van der Waals surface area (Å²) in [6.45, 7) is 1.35. The molecule has 0 saturated carbocycles. The molecule has 0 unspecified atom stereocenters. The number of pyridine rings is 1. The van der Waals surface area contributed by atoms with Gasteiger partial charge in [0.2, 0.25) is 5.95 Å². The van der Waals surface area contributed by atoms with Crippen LogP contribution in [0.5, 0.6) is 0 Å². The fraction of sp³-hybridized carbons (Fsp3) is 0.222. The number of amides is 1. The van der Waals surface area contributed by atoms with E-state index in [4.69, 9.17) is 0 Å². The number of hydrogen-bond acceptors (Lipinski definition) is 6. The standard InChI is InChI=1S/C18H20N6O/c1-24(2)10-9-20-17(25)14-11-21-18(22-12-14)23-15-7-3-5-13-6-4-8-19-16(13)15/h3-8,11-12H,9-10H2,1-2H3,(H,20,25)(H,21,22,23). The molecule has 0 radical (unpaired) electrons. The number of aromatic nitrogens is 3. The maximum Gasteiger partial charge on any atom is 0.254 e. The van der Waals surface area contributed by atoms with Crippen LogP contribution in [0.4, 0.5) is 11.6 Å². The third-order valence-electron chi connectivity index (χ3n) is 3.64. The summed E-state index contributed by atoms with van der Waals surface area (Å²) in [6.07, 6.45) is 4.77. The van der Waals surface area contributed by atoms with Crippen molar-refractivity contribution in [2.75, 3.05) is 32.5 Å². The quantitative estimate of drug-likeness (QED) is 0.717. The maximum atomic E-state index is 12.0. The van der Waals surface area contributed by atoms with Crippen LogP contribution in [0.3, 0.4) is 0 Å². The first-order chi connectivity index (χ1) is 12.1. The normalized spacial score (nSPS) is 10.8. The van der Waals surface area contributed by atoms with Crippen molar-refractivity contribution in [3.63, 3.8) is 0 Å². The zero-order valence-electron chi connectivity index (χ0n) is 14.2. The lowest BCUT2D eigenvalue weighted by Gasteiger charge is -2.10. The SMILES string of the molecule is CN(C)CCNC(=O)c1cnc(Nc2cccc3cccnc23)nc1. The van der Waals surface area contributed by atoms with Crippen LogP contribution < -0.4 is 10.6 Å². The van der Waals surface area contributed by atoms with Gasteiger partial charge in [-0.3, -0.25) is 9.78 Å². The molecule has 3 aromatic rings. The smallest absolute Gasteiger partial charge is 0.254 e. The van der Waals surface area contributed by atoms with E-state index in [1.54, 1.807) is 6.20 Å².